The molecular weight excluding hydrogens is 326 g/mol. The van der Waals surface area contributed by atoms with Gasteiger partial charge in [0.1, 0.15) is 11.4 Å². The summed E-state index contributed by atoms with van der Waals surface area (Å²) in [5.74, 6) is 1.83. The molecule has 0 bridgehead atoms. The molecule has 1 aliphatic heterocycles. The maximum atomic E-state index is 11.0. The SMILES string of the molecule is CC12CC(C#N)=C(O)[C@@]3(C)O[C@@]13CC[C@@H]1[C@@H]2CC[C@@]2(C)[C@H]1CC[C@]2(C)O. The molecule has 1 saturated heterocycles. The Bertz CT molecular complexity index is 766. The summed E-state index contributed by atoms with van der Waals surface area (Å²) in [5.41, 5.74) is -1.11. The van der Waals surface area contributed by atoms with Gasteiger partial charge in [0.05, 0.1) is 17.2 Å². The monoisotopic (exact) mass is 357 g/mol. The normalized spacial score (nSPS) is 60.4. The van der Waals surface area contributed by atoms with E-state index in [9.17, 15) is 15.5 Å². The molecule has 5 rings (SSSR count). The first-order valence-electron chi connectivity index (χ1n) is 10.3. The van der Waals surface area contributed by atoms with Gasteiger partial charge in [-0.15, -0.1) is 0 Å². The molecule has 4 fully saturated rings. The number of ether oxygens (including phenoxy) is 1. The molecule has 26 heavy (non-hydrogen) atoms. The van der Waals surface area contributed by atoms with Crippen LogP contribution in [0.2, 0.25) is 0 Å². The third-order valence-corrected chi connectivity index (χ3v) is 10.1. The minimum Gasteiger partial charge on any atom is -0.508 e. The number of nitriles is 1. The first kappa shape index (κ1) is 17.1. The Balaban J connectivity index is 1.57. The molecule has 0 amide bonds. The fourth-order valence-corrected chi connectivity index (χ4v) is 8.30. The number of fused-ring (bicyclic) bond motifs is 4. The second-order valence-electron chi connectivity index (χ2n) is 10.7. The van der Waals surface area contributed by atoms with Crippen LogP contribution in [0, 0.1) is 39.9 Å². The molecular formula is C22H31NO3. The average molecular weight is 357 g/mol. The van der Waals surface area contributed by atoms with Gasteiger partial charge in [-0.3, -0.25) is 0 Å². The van der Waals surface area contributed by atoms with Gasteiger partial charge in [-0.25, -0.2) is 0 Å². The van der Waals surface area contributed by atoms with Gasteiger partial charge in [-0.2, -0.15) is 5.26 Å². The number of allylic oxidation sites excluding steroid dienone is 1. The summed E-state index contributed by atoms with van der Waals surface area (Å²) >= 11 is 0. The second kappa shape index (κ2) is 4.50. The lowest BCUT2D eigenvalue weighted by Gasteiger charge is -2.60. The fourth-order valence-electron chi connectivity index (χ4n) is 8.30. The van der Waals surface area contributed by atoms with Crippen LogP contribution in [0.3, 0.4) is 0 Å². The number of hydrogen-bond acceptors (Lipinski definition) is 4. The van der Waals surface area contributed by atoms with E-state index in [2.05, 4.69) is 19.9 Å². The highest BCUT2D eigenvalue weighted by Crippen LogP contribution is 2.77. The number of rotatable bonds is 0. The smallest absolute Gasteiger partial charge is 0.153 e. The Morgan fingerprint density at radius 1 is 1.00 bits per heavy atom. The van der Waals surface area contributed by atoms with Gasteiger partial charge in [0, 0.05) is 5.41 Å². The zero-order chi connectivity index (χ0) is 18.8. The van der Waals surface area contributed by atoms with Crippen LogP contribution in [0.5, 0.6) is 0 Å². The van der Waals surface area contributed by atoms with Gasteiger partial charge < -0.3 is 14.9 Å². The number of nitrogens with zero attached hydrogens (tertiary/aromatic N) is 1. The van der Waals surface area contributed by atoms with E-state index in [1.807, 2.05) is 13.8 Å². The van der Waals surface area contributed by atoms with Gasteiger partial charge in [-0.05, 0) is 82.0 Å². The maximum absolute atomic E-state index is 11.0. The molecule has 3 saturated carbocycles. The zero-order valence-corrected chi connectivity index (χ0v) is 16.4. The standard InChI is InChI=1S/C22H31NO3/c1-18-8-6-16-14(15(18)7-9-20(18,3)25)5-10-22-19(16,2)11-13(12-23)17(24)21(22,4)26-22/h14-16,24-25H,5-11H2,1-4H3/t14-,15-,16-,18-,19?,20-,21+,22-/m0/s1. The molecule has 4 nitrogen and oxygen atoms in total. The van der Waals surface area contributed by atoms with Crippen LogP contribution in [0.1, 0.15) is 72.6 Å². The van der Waals surface area contributed by atoms with Crippen molar-refractivity contribution < 1.29 is 14.9 Å². The van der Waals surface area contributed by atoms with Gasteiger partial charge in [-0.1, -0.05) is 13.8 Å². The van der Waals surface area contributed by atoms with Crippen molar-refractivity contribution in [1.82, 2.24) is 0 Å². The maximum Gasteiger partial charge on any atom is 0.153 e. The Hall–Kier alpha value is -1.05. The lowest BCUT2D eigenvalue weighted by molar-refractivity contribution is -0.143. The summed E-state index contributed by atoms with van der Waals surface area (Å²) in [6, 6.07) is 2.26. The summed E-state index contributed by atoms with van der Waals surface area (Å²) in [7, 11) is 0. The van der Waals surface area contributed by atoms with E-state index in [1.54, 1.807) is 0 Å². The van der Waals surface area contributed by atoms with Crippen molar-refractivity contribution in [2.24, 2.45) is 28.6 Å². The molecule has 8 atom stereocenters. The summed E-state index contributed by atoms with van der Waals surface area (Å²) < 4.78 is 6.32. The third kappa shape index (κ3) is 1.53. The van der Waals surface area contributed by atoms with Crippen molar-refractivity contribution in [3.8, 4) is 6.07 Å². The van der Waals surface area contributed by atoms with E-state index < -0.39 is 11.2 Å². The van der Waals surface area contributed by atoms with Gasteiger partial charge in [0.25, 0.3) is 0 Å². The quantitative estimate of drug-likeness (QED) is 0.636. The molecule has 4 heteroatoms. The number of epoxide rings is 1. The van der Waals surface area contributed by atoms with Crippen molar-refractivity contribution in [3.63, 3.8) is 0 Å². The lowest BCUT2D eigenvalue weighted by atomic mass is 9.43. The molecule has 1 heterocycles. The van der Waals surface area contributed by atoms with Crippen LogP contribution in [0.15, 0.2) is 11.3 Å². The Morgan fingerprint density at radius 3 is 2.35 bits per heavy atom. The van der Waals surface area contributed by atoms with Gasteiger partial charge >= 0.3 is 0 Å². The molecule has 0 aromatic heterocycles. The first-order chi connectivity index (χ1) is 12.1. The van der Waals surface area contributed by atoms with E-state index in [-0.39, 0.29) is 22.2 Å². The highest BCUT2D eigenvalue weighted by molar-refractivity contribution is 5.46. The van der Waals surface area contributed by atoms with Crippen LogP contribution in [-0.4, -0.2) is 27.0 Å². The van der Waals surface area contributed by atoms with Crippen LogP contribution in [0.25, 0.3) is 0 Å². The zero-order valence-electron chi connectivity index (χ0n) is 16.4. The second-order valence-corrected chi connectivity index (χ2v) is 10.7. The summed E-state index contributed by atoms with van der Waals surface area (Å²) in [6.45, 7) is 8.63. The van der Waals surface area contributed by atoms with Crippen molar-refractivity contribution in [2.45, 2.75) is 89.4 Å². The Kier molecular flexibility index (Phi) is 2.95. The highest BCUT2D eigenvalue weighted by Gasteiger charge is 2.82. The van der Waals surface area contributed by atoms with Crippen LogP contribution in [-0.2, 0) is 4.74 Å². The van der Waals surface area contributed by atoms with Crippen molar-refractivity contribution >= 4 is 0 Å². The predicted octanol–water partition coefficient (Wildman–Crippen LogP) is 4.25. The van der Waals surface area contributed by atoms with Crippen LogP contribution >= 0.6 is 0 Å². The molecule has 5 aliphatic rings. The number of hydrogen-bond donors (Lipinski definition) is 2. The Morgan fingerprint density at radius 2 is 1.65 bits per heavy atom. The van der Waals surface area contributed by atoms with E-state index in [0.29, 0.717) is 29.7 Å². The summed E-state index contributed by atoms with van der Waals surface area (Å²) in [4.78, 5) is 0. The van der Waals surface area contributed by atoms with Gasteiger partial charge in [0.15, 0.2) is 5.60 Å². The van der Waals surface area contributed by atoms with E-state index in [1.165, 1.54) is 0 Å². The minimum absolute atomic E-state index is 0.00739. The minimum atomic E-state index is -0.669. The van der Waals surface area contributed by atoms with E-state index in [4.69, 9.17) is 4.74 Å². The van der Waals surface area contributed by atoms with Crippen molar-refractivity contribution in [1.29, 1.82) is 5.26 Å². The van der Waals surface area contributed by atoms with Crippen LogP contribution in [0.4, 0.5) is 0 Å². The van der Waals surface area contributed by atoms with Crippen LogP contribution < -0.4 is 0 Å². The topological polar surface area (TPSA) is 76.8 Å². The van der Waals surface area contributed by atoms with Gasteiger partial charge in [0.2, 0.25) is 0 Å². The number of aliphatic hydroxyl groups excluding tert-OH is 1. The molecule has 0 radical (unpaired) electrons. The number of aliphatic hydroxyl groups is 2. The fraction of sp³-hybridized carbons (Fsp3) is 0.864. The molecule has 0 aromatic rings. The van der Waals surface area contributed by atoms with E-state index >= 15 is 0 Å². The van der Waals surface area contributed by atoms with Crippen molar-refractivity contribution in [2.75, 3.05) is 0 Å². The third-order valence-electron chi connectivity index (χ3n) is 10.1. The predicted molar refractivity (Wildman–Crippen MR) is 97.1 cm³/mol. The largest absolute Gasteiger partial charge is 0.508 e. The van der Waals surface area contributed by atoms with Crippen molar-refractivity contribution in [3.05, 3.63) is 11.3 Å². The lowest BCUT2D eigenvalue weighted by Crippen LogP contribution is -2.60. The molecule has 4 aliphatic carbocycles. The average Bonchev–Trinajstić information content (AvgIpc) is 3.14. The molecule has 1 unspecified atom stereocenters. The summed E-state index contributed by atoms with van der Waals surface area (Å²) in [6.07, 6.45) is 6.85. The summed E-state index contributed by atoms with van der Waals surface area (Å²) in [5, 5.41) is 31.3. The molecule has 1 spiro atoms. The first-order valence-corrected chi connectivity index (χ1v) is 10.3. The molecule has 2 N–H and O–H groups in total. The Labute approximate surface area is 156 Å². The van der Waals surface area contributed by atoms with E-state index in [0.717, 1.165) is 38.5 Å². The molecule has 142 valence electrons. The molecule has 0 aromatic carbocycles. The highest BCUT2D eigenvalue weighted by atomic mass is 16.6.